The first-order chi connectivity index (χ1) is 10.0. The lowest BCUT2D eigenvalue weighted by molar-refractivity contribution is -0.173. The standard InChI is InChI=1S/C11H18F3N5OS/c12-11(13,14)8-20-6-1-7-21-10-16-17-18-19(10)5-4-15-9-2-3-9/h9,15H,1-8H2. The molecule has 6 nitrogen and oxygen atoms in total. The molecule has 10 heteroatoms. The maximum absolute atomic E-state index is 11.9. The summed E-state index contributed by atoms with van der Waals surface area (Å²) in [4.78, 5) is 0. The van der Waals surface area contributed by atoms with Crippen molar-refractivity contribution in [2.75, 3.05) is 25.5 Å². The molecule has 0 aromatic carbocycles. The van der Waals surface area contributed by atoms with Crippen molar-refractivity contribution >= 4 is 11.8 Å². The third-order valence-corrected chi connectivity index (χ3v) is 3.81. The predicted molar refractivity (Wildman–Crippen MR) is 71.1 cm³/mol. The van der Waals surface area contributed by atoms with Crippen molar-refractivity contribution in [3.63, 3.8) is 0 Å². The lowest BCUT2D eigenvalue weighted by Gasteiger charge is -2.07. The second kappa shape index (κ2) is 7.95. The Labute approximate surface area is 124 Å². The molecule has 21 heavy (non-hydrogen) atoms. The molecule has 1 N–H and O–H groups in total. The minimum Gasteiger partial charge on any atom is -0.372 e. The Hall–Kier alpha value is -0.870. The van der Waals surface area contributed by atoms with Crippen LogP contribution < -0.4 is 5.32 Å². The molecule has 1 aromatic heterocycles. The number of nitrogens with zero attached hydrogens (tertiary/aromatic N) is 4. The van der Waals surface area contributed by atoms with Gasteiger partial charge in [0, 0.05) is 24.9 Å². The lowest BCUT2D eigenvalue weighted by atomic mass is 10.5. The van der Waals surface area contributed by atoms with Gasteiger partial charge in [0.05, 0.1) is 6.54 Å². The molecule has 1 aromatic rings. The first kappa shape index (κ1) is 16.5. The number of alkyl halides is 3. The molecule has 0 unspecified atom stereocenters. The third-order valence-electron chi connectivity index (χ3n) is 2.76. The van der Waals surface area contributed by atoms with Gasteiger partial charge in [-0.05, 0) is 29.7 Å². The molecule has 2 rings (SSSR count). The normalized spacial score (nSPS) is 15.6. The number of thioether (sulfide) groups is 1. The van der Waals surface area contributed by atoms with Crippen LogP contribution in [-0.2, 0) is 11.3 Å². The Morgan fingerprint density at radius 1 is 1.38 bits per heavy atom. The topological polar surface area (TPSA) is 64.9 Å². The Bertz CT molecular complexity index is 424. The monoisotopic (exact) mass is 325 g/mol. The van der Waals surface area contributed by atoms with Crippen LogP contribution in [0, 0.1) is 0 Å². The second-order valence-corrected chi connectivity index (χ2v) is 5.84. The zero-order valence-electron chi connectivity index (χ0n) is 11.5. The van der Waals surface area contributed by atoms with E-state index in [4.69, 9.17) is 0 Å². The van der Waals surface area contributed by atoms with Crippen LogP contribution in [-0.4, -0.2) is 57.9 Å². The van der Waals surface area contributed by atoms with E-state index in [1.165, 1.54) is 24.6 Å². The van der Waals surface area contributed by atoms with Gasteiger partial charge in [0.15, 0.2) is 0 Å². The van der Waals surface area contributed by atoms with Crippen LogP contribution in [0.5, 0.6) is 0 Å². The molecule has 120 valence electrons. The van der Waals surface area contributed by atoms with Gasteiger partial charge in [0.25, 0.3) is 0 Å². The number of halogens is 3. The molecule has 0 bridgehead atoms. The number of aromatic nitrogens is 4. The Kier molecular flexibility index (Phi) is 6.24. The Morgan fingerprint density at radius 2 is 2.19 bits per heavy atom. The van der Waals surface area contributed by atoms with Crippen LogP contribution in [0.2, 0.25) is 0 Å². The highest BCUT2D eigenvalue weighted by Crippen LogP contribution is 2.19. The van der Waals surface area contributed by atoms with Crippen molar-refractivity contribution in [3.8, 4) is 0 Å². The molecular weight excluding hydrogens is 307 g/mol. The van der Waals surface area contributed by atoms with Gasteiger partial charge in [-0.15, -0.1) is 5.10 Å². The lowest BCUT2D eigenvalue weighted by Crippen LogP contribution is -2.22. The summed E-state index contributed by atoms with van der Waals surface area (Å²) in [6.07, 6.45) is -1.27. The molecule has 1 fully saturated rings. The zero-order chi connectivity index (χ0) is 15.1. The quantitative estimate of drug-likeness (QED) is 0.519. The molecule has 0 radical (unpaired) electrons. The van der Waals surface area contributed by atoms with Crippen molar-refractivity contribution in [1.82, 2.24) is 25.5 Å². The first-order valence-electron chi connectivity index (χ1n) is 6.81. The van der Waals surface area contributed by atoms with Gasteiger partial charge in [-0.1, -0.05) is 11.8 Å². The highest BCUT2D eigenvalue weighted by molar-refractivity contribution is 7.99. The van der Waals surface area contributed by atoms with Crippen LogP contribution >= 0.6 is 11.8 Å². The van der Waals surface area contributed by atoms with Gasteiger partial charge in [0.1, 0.15) is 6.61 Å². The van der Waals surface area contributed by atoms with Gasteiger partial charge in [-0.3, -0.25) is 0 Å². The van der Waals surface area contributed by atoms with Gasteiger partial charge >= 0.3 is 6.18 Å². The van der Waals surface area contributed by atoms with Crippen molar-refractivity contribution in [2.24, 2.45) is 0 Å². The van der Waals surface area contributed by atoms with E-state index in [2.05, 4.69) is 25.6 Å². The van der Waals surface area contributed by atoms with E-state index in [9.17, 15) is 13.2 Å². The minimum absolute atomic E-state index is 0.0807. The first-order valence-corrected chi connectivity index (χ1v) is 7.80. The minimum atomic E-state index is -4.26. The fraction of sp³-hybridized carbons (Fsp3) is 0.909. The highest BCUT2D eigenvalue weighted by Gasteiger charge is 2.27. The van der Waals surface area contributed by atoms with Gasteiger partial charge < -0.3 is 10.1 Å². The molecule has 1 saturated carbocycles. The second-order valence-electron chi connectivity index (χ2n) is 4.78. The third kappa shape index (κ3) is 7.09. The number of hydrogen-bond acceptors (Lipinski definition) is 6. The molecule has 0 aliphatic heterocycles. The van der Waals surface area contributed by atoms with Crippen molar-refractivity contribution in [1.29, 1.82) is 0 Å². The van der Waals surface area contributed by atoms with Crippen molar-refractivity contribution in [2.45, 2.75) is 43.2 Å². The van der Waals surface area contributed by atoms with Crippen LogP contribution in [0.15, 0.2) is 5.16 Å². The highest BCUT2D eigenvalue weighted by atomic mass is 32.2. The summed E-state index contributed by atoms with van der Waals surface area (Å²) < 4.78 is 41.8. The van der Waals surface area contributed by atoms with Gasteiger partial charge in [-0.2, -0.15) is 13.2 Å². The van der Waals surface area contributed by atoms with E-state index in [-0.39, 0.29) is 6.61 Å². The molecule has 0 atom stereocenters. The predicted octanol–water partition coefficient (Wildman–Crippen LogP) is 1.49. The smallest absolute Gasteiger partial charge is 0.372 e. The summed E-state index contributed by atoms with van der Waals surface area (Å²) in [5, 5.41) is 15.5. The van der Waals surface area contributed by atoms with Crippen LogP contribution in [0.4, 0.5) is 13.2 Å². The number of ether oxygens (including phenoxy) is 1. The van der Waals surface area contributed by atoms with Crippen LogP contribution in [0.25, 0.3) is 0 Å². The maximum Gasteiger partial charge on any atom is 0.411 e. The van der Waals surface area contributed by atoms with E-state index in [0.717, 1.165) is 6.54 Å². The summed E-state index contributed by atoms with van der Waals surface area (Å²) in [6.45, 7) is 0.397. The van der Waals surface area contributed by atoms with E-state index in [1.54, 1.807) is 4.68 Å². The molecule has 0 spiro atoms. The van der Waals surface area contributed by atoms with Crippen LogP contribution in [0.3, 0.4) is 0 Å². The molecule has 1 aliphatic rings. The van der Waals surface area contributed by atoms with E-state index in [1.807, 2.05) is 0 Å². The summed E-state index contributed by atoms with van der Waals surface area (Å²) in [6, 6.07) is 0.642. The molecule has 1 heterocycles. The molecule has 0 amide bonds. The summed E-state index contributed by atoms with van der Waals surface area (Å²) in [5.74, 6) is 0.619. The van der Waals surface area contributed by atoms with Crippen LogP contribution in [0.1, 0.15) is 19.3 Å². The Balaban J connectivity index is 1.56. The van der Waals surface area contributed by atoms with E-state index < -0.39 is 12.8 Å². The number of nitrogens with one attached hydrogen (secondary N) is 1. The molecular formula is C11H18F3N5OS. The van der Waals surface area contributed by atoms with Gasteiger partial charge in [0.2, 0.25) is 5.16 Å². The number of tetrazole rings is 1. The van der Waals surface area contributed by atoms with E-state index >= 15 is 0 Å². The Morgan fingerprint density at radius 3 is 2.90 bits per heavy atom. The fourth-order valence-corrected chi connectivity index (χ4v) is 2.43. The summed E-state index contributed by atoms with van der Waals surface area (Å²) >= 11 is 1.42. The number of rotatable bonds is 10. The van der Waals surface area contributed by atoms with E-state index in [0.29, 0.717) is 29.9 Å². The SMILES string of the molecule is FC(F)(F)COCCCSc1nnnn1CCNC1CC1. The zero-order valence-corrected chi connectivity index (χ0v) is 12.3. The number of hydrogen-bond donors (Lipinski definition) is 1. The summed E-state index contributed by atoms with van der Waals surface area (Å²) in [5.41, 5.74) is 0. The van der Waals surface area contributed by atoms with Gasteiger partial charge in [-0.25, -0.2) is 4.68 Å². The maximum atomic E-state index is 11.9. The summed E-state index contributed by atoms with van der Waals surface area (Å²) in [7, 11) is 0. The van der Waals surface area contributed by atoms with Crippen molar-refractivity contribution < 1.29 is 17.9 Å². The van der Waals surface area contributed by atoms with Crippen molar-refractivity contribution in [3.05, 3.63) is 0 Å². The average Bonchev–Trinajstić information content (AvgIpc) is 3.12. The molecule has 1 aliphatic carbocycles. The average molecular weight is 325 g/mol. The fourth-order valence-electron chi connectivity index (χ4n) is 1.61. The largest absolute Gasteiger partial charge is 0.411 e. The molecule has 0 saturated heterocycles.